The first kappa shape index (κ1) is 16.5. The van der Waals surface area contributed by atoms with Crippen LogP contribution in [0, 0.1) is 0 Å². The highest BCUT2D eigenvalue weighted by atomic mass is 32.2. The van der Waals surface area contributed by atoms with Crippen LogP contribution in [0.5, 0.6) is 11.5 Å². The molecule has 26 heavy (non-hydrogen) atoms. The zero-order chi connectivity index (χ0) is 17.9. The fourth-order valence-electron chi connectivity index (χ4n) is 2.66. The third-order valence-electron chi connectivity index (χ3n) is 3.79. The Morgan fingerprint density at radius 3 is 2.92 bits per heavy atom. The number of thioether (sulfide) groups is 1. The zero-order valence-electron chi connectivity index (χ0n) is 14.0. The van der Waals surface area contributed by atoms with E-state index in [1.807, 2.05) is 23.0 Å². The average molecular weight is 372 g/mol. The molecular formula is C17H16N4O4S. The largest absolute Gasteiger partial charge is 0.486 e. The van der Waals surface area contributed by atoms with E-state index in [9.17, 15) is 4.79 Å². The summed E-state index contributed by atoms with van der Waals surface area (Å²) in [6.45, 7) is 1.11. The van der Waals surface area contributed by atoms with Gasteiger partial charge in [0, 0.05) is 12.1 Å². The number of aromatic nitrogens is 2. The predicted molar refractivity (Wildman–Crippen MR) is 96.9 cm³/mol. The molecule has 0 fully saturated rings. The minimum absolute atomic E-state index is 0.0851. The van der Waals surface area contributed by atoms with Crippen LogP contribution in [0.2, 0.25) is 0 Å². The molecule has 134 valence electrons. The van der Waals surface area contributed by atoms with Gasteiger partial charge in [-0.3, -0.25) is 4.79 Å². The minimum Gasteiger partial charge on any atom is -0.486 e. The normalized spacial score (nSPS) is 13.4. The van der Waals surface area contributed by atoms with Crippen LogP contribution in [0.4, 0.5) is 0 Å². The van der Waals surface area contributed by atoms with Crippen molar-refractivity contribution in [3.8, 4) is 11.5 Å². The van der Waals surface area contributed by atoms with E-state index in [-0.39, 0.29) is 12.5 Å². The summed E-state index contributed by atoms with van der Waals surface area (Å²) in [6.07, 6.45) is 4.90. The van der Waals surface area contributed by atoms with Gasteiger partial charge in [-0.05, 0) is 18.4 Å². The van der Waals surface area contributed by atoms with Gasteiger partial charge in [0.2, 0.25) is 0 Å². The fraction of sp³-hybridized carbons (Fsp3) is 0.235. The average Bonchev–Trinajstić information content (AvgIpc) is 3.28. The van der Waals surface area contributed by atoms with Crippen molar-refractivity contribution in [3.63, 3.8) is 0 Å². The standard InChI is InChI=1S/C17H16N4O4S/c1-26-17-19-12-7-14-15(25-6-5-24-14)8-13(12)21(17)10-16(22)20-18-9-11-3-2-4-23-11/h2-4,7-9H,5-6,10H2,1H3,(H,20,22). The molecule has 0 unspecified atom stereocenters. The Bertz CT molecular complexity index is 965. The minimum atomic E-state index is -0.266. The van der Waals surface area contributed by atoms with Crippen molar-refractivity contribution in [1.82, 2.24) is 15.0 Å². The monoisotopic (exact) mass is 372 g/mol. The van der Waals surface area contributed by atoms with Crippen molar-refractivity contribution >= 4 is 34.9 Å². The molecule has 0 spiro atoms. The molecule has 0 saturated heterocycles. The number of nitrogens with one attached hydrogen (secondary N) is 1. The van der Waals surface area contributed by atoms with Crippen molar-refractivity contribution in [1.29, 1.82) is 0 Å². The fourth-order valence-corrected chi connectivity index (χ4v) is 3.23. The van der Waals surface area contributed by atoms with Crippen LogP contribution in [-0.2, 0) is 11.3 Å². The summed E-state index contributed by atoms with van der Waals surface area (Å²) in [5, 5.41) is 4.63. The molecule has 1 aliphatic rings. The molecule has 3 heterocycles. The number of benzene rings is 1. The smallest absolute Gasteiger partial charge is 0.260 e. The molecule has 0 aliphatic carbocycles. The van der Waals surface area contributed by atoms with Crippen molar-refractivity contribution in [2.45, 2.75) is 11.7 Å². The molecule has 1 aromatic carbocycles. The van der Waals surface area contributed by atoms with Crippen molar-refractivity contribution in [3.05, 3.63) is 36.3 Å². The summed E-state index contributed by atoms with van der Waals surface area (Å²) in [5.41, 5.74) is 4.06. The lowest BCUT2D eigenvalue weighted by molar-refractivity contribution is -0.121. The zero-order valence-corrected chi connectivity index (χ0v) is 14.8. The number of ether oxygens (including phenoxy) is 2. The molecule has 8 nitrogen and oxygen atoms in total. The Morgan fingerprint density at radius 1 is 1.38 bits per heavy atom. The van der Waals surface area contributed by atoms with Gasteiger partial charge in [-0.1, -0.05) is 11.8 Å². The lowest BCUT2D eigenvalue weighted by atomic mass is 10.2. The molecule has 0 bridgehead atoms. The molecule has 4 rings (SSSR count). The van der Waals surface area contributed by atoms with Crippen LogP contribution < -0.4 is 14.9 Å². The molecular weight excluding hydrogens is 356 g/mol. The Balaban J connectivity index is 1.57. The number of carbonyl (C=O) groups is 1. The highest BCUT2D eigenvalue weighted by molar-refractivity contribution is 7.98. The summed E-state index contributed by atoms with van der Waals surface area (Å²) in [4.78, 5) is 16.8. The number of amides is 1. The van der Waals surface area contributed by atoms with Gasteiger partial charge < -0.3 is 18.5 Å². The number of nitrogens with zero attached hydrogens (tertiary/aromatic N) is 3. The van der Waals surface area contributed by atoms with Crippen molar-refractivity contribution in [2.75, 3.05) is 19.5 Å². The molecule has 0 radical (unpaired) electrons. The van der Waals surface area contributed by atoms with E-state index in [1.54, 1.807) is 12.1 Å². The number of hydrazone groups is 1. The molecule has 0 saturated carbocycles. The van der Waals surface area contributed by atoms with Crippen LogP contribution >= 0.6 is 11.8 Å². The quantitative estimate of drug-likeness (QED) is 0.420. The number of furan rings is 1. The molecule has 1 aliphatic heterocycles. The predicted octanol–water partition coefficient (Wildman–Crippen LogP) is 2.27. The molecule has 2 aromatic heterocycles. The molecule has 1 amide bonds. The van der Waals surface area contributed by atoms with E-state index in [4.69, 9.17) is 13.9 Å². The van der Waals surface area contributed by atoms with E-state index >= 15 is 0 Å². The third-order valence-corrected chi connectivity index (χ3v) is 4.46. The van der Waals surface area contributed by atoms with Gasteiger partial charge >= 0.3 is 0 Å². The van der Waals surface area contributed by atoms with Gasteiger partial charge in [-0.15, -0.1) is 0 Å². The van der Waals surface area contributed by atoms with Gasteiger partial charge in [-0.25, -0.2) is 10.4 Å². The summed E-state index contributed by atoms with van der Waals surface area (Å²) < 4.78 is 18.2. The van der Waals surface area contributed by atoms with Crippen LogP contribution in [0.3, 0.4) is 0 Å². The van der Waals surface area contributed by atoms with E-state index in [2.05, 4.69) is 15.5 Å². The Kier molecular flexibility index (Phi) is 4.53. The van der Waals surface area contributed by atoms with Gasteiger partial charge in [0.15, 0.2) is 16.7 Å². The van der Waals surface area contributed by atoms with E-state index in [1.165, 1.54) is 24.2 Å². The first-order valence-electron chi connectivity index (χ1n) is 7.94. The van der Waals surface area contributed by atoms with Crippen LogP contribution in [0.1, 0.15) is 5.76 Å². The SMILES string of the molecule is CSc1nc2cc3c(cc2n1CC(=O)NN=Cc1ccco1)OCCO3. The number of fused-ring (bicyclic) bond motifs is 2. The van der Waals surface area contributed by atoms with Crippen LogP contribution in [0.25, 0.3) is 11.0 Å². The number of carbonyl (C=O) groups excluding carboxylic acids is 1. The van der Waals surface area contributed by atoms with Gasteiger partial charge in [-0.2, -0.15) is 5.10 Å². The Morgan fingerprint density at radius 2 is 2.19 bits per heavy atom. The topological polar surface area (TPSA) is 90.9 Å². The number of imidazole rings is 1. The summed E-state index contributed by atoms with van der Waals surface area (Å²) >= 11 is 1.46. The highest BCUT2D eigenvalue weighted by Gasteiger charge is 2.19. The Labute approximate surface area is 153 Å². The molecule has 1 N–H and O–H groups in total. The molecule has 9 heteroatoms. The molecule has 0 atom stereocenters. The number of hydrogen-bond acceptors (Lipinski definition) is 7. The highest BCUT2D eigenvalue weighted by Crippen LogP contribution is 2.35. The lowest BCUT2D eigenvalue weighted by Crippen LogP contribution is -2.23. The summed E-state index contributed by atoms with van der Waals surface area (Å²) in [6, 6.07) is 7.19. The second kappa shape index (κ2) is 7.12. The maximum absolute atomic E-state index is 12.3. The second-order valence-corrected chi connectivity index (χ2v) is 6.25. The van der Waals surface area contributed by atoms with Gasteiger partial charge in [0.25, 0.3) is 5.91 Å². The lowest BCUT2D eigenvalue weighted by Gasteiger charge is -2.18. The van der Waals surface area contributed by atoms with E-state index in [0.29, 0.717) is 30.5 Å². The summed E-state index contributed by atoms with van der Waals surface area (Å²) in [7, 11) is 0. The van der Waals surface area contributed by atoms with E-state index < -0.39 is 0 Å². The number of rotatable bonds is 5. The van der Waals surface area contributed by atoms with Crippen LogP contribution in [0.15, 0.2) is 45.2 Å². The maximum Gasteiger partial charge on any atom is 0.260 e. The maximum atomic E-state index is 12.3. The first-order valence-corrected chi connectivity index (χ1v) is 9.16. The summed E-state index contributed by atoms with van der Waals surface area (Å²) in [5.74, 6) is 1.63. The molecule has 3 aromatic rings. The van der Waals surface area contributed by atoms with Gasteiger partial charge in [0.1, 0.15) is 25.5 Å². The number of hydrogen-bond donors (Lipinski definition) is 1. The van der Waals surface area contributed by atoms with Crippen molar-refractivity contribution < 1.29 is 18.7 Å². The van der Waals surface area contributed by atoms with E-state index in [0.717, 1.165) is 16.2 Å². The first-order chi connectivity index (χ1) is 12.7. The van der Waals surface area contributed by atoms with Crippen molar-refractivity contribution in [2.24, 2.45) is 5.10 Å². The van der Waals surface area contributed by atoms with Gasteiger partial charge in [0.05, 0.1) is 23.5 Å². The third kappa shape index (κ3) is 3.25. The Hall–Kier alpha value is -2.94. The van der Waals surface area contributed by atoms with Crippen LogP contribution in [-0.4, -0.2) is 41.1 Å². The second-order valence-electron chi connectivity index (χ2n) is 5.48.